The number of benzene rings is 2. The van der Waals surface area contributed by atoms with Crippen molar-refractivity contribution in [2.75, 3.05) is 27.2 Å². The summed E-state index contributed by atoms with van der Waals surface area (Å²) in [6.07, 6.45) is 6.74. The Balaban J connectivity index is 1.97. The summed E-state index contributed by atoms with van der Waals surface area (Å²) in [7, 11) is 3.95. The molecule has 4 rings (SSSR count). The predicted molar refractivity (Wildman–Crippen MR) is 101 cm³/mol. The lowest BCUT2D eigenvalue weighted by atomic mass is 9.86. The summed E-state index contributed by atoms with van der Waals surface area (Å²) in [6, 6.07) is 15.2. The second-order valence-electron chi connectivity index (χ2n) is 6.66. The molecule has 2 heteroatoms. The summed E-state index contributed by atoms with van der Waals surface area (Å²) in [5, 5.41) is 0. The molecule has 2 aliphatic rings. The molecular formula is C22H23NO. The van der Waals surface area contributed by atoms with Crippen LogP contribution in [-0.2, 0) is 0 Å². The number of methoxy groups -OCH3 is 1. The maximum absolute atomic E-state index is 5.51. The van der Waals surface area contributed by atoms with E-state index in [1.807, 2.05) is 0 Å². The van der Waals surface area contributed by atoms with E-state index in [2.05, 4.69) is 66.6 Å². The van der Waals surface area contributed by atoms with Crippen LogP contribution in [0.5, 0.6) is 5.75 Å². The third-order valence-electron chi connectivity index (χ3n) is 5.15. The van der Waals surface area contributed by atoms with Crippen LogP contribution in [0.4, 0.5) is 0 Å². The van der Waals surface area contributed by atoms with Gasteiger partial charge in [-0.2, -0.15) is 0 Å². The maximum Gasteiger partial charge on any atom is 0.119 e. The fourth-order valence-corrected chi connectivity index (χ4v) is 3.74. The summed E-state index contributed by atoms with van der Waals surface area (Å²) in [5.41, 5.74) is 8.20. The third-order valence-corrected chi connectivity index (χ3v) is 5.15. The predicted octanol–water partition coefficient (Wildman–Crippen LogP) is 4.71. The number of ether oxygens (including phenoxy) is 1. The molecule has 1 aliphatic carbocycles. The molecule has 0 bridgehead atoms. The van der Waals surface area contributed by atoms with Gasteiger partial charge in [0.25, 0.3) is 0 Å². The van der Waals surface area contributed by atoms with Crippen molar-refractivity contribution in [2.24, 2.45) is 0 Å². The SMILES string of the molecule is COc1ccc2c(c1)C(=C1CCN(C)CC1)c1ccccc1C=C2. The molecule has 0 unspecified atom stereocenters. The Labute approximate surface area is 144 Å². The topological polar surface area (TPSA) is 12.5 Å². The molecule has 24 heavy (non-hydrogen) atoms. The summed E-state index contributed by atoms with van der Waals surface area (Å²) >= 11 is 0. The monoisotopic (exact) mass is 317 g/mol. The van der Waals surface area contributed by atoms with E-state index in [9.17, 15) is 0 Å². The highest BCUT2D eigenvalue weighted by molar-refractivity contribution is 5.95. The third kappa shape index (κ3) is 2.67. The maximum atomic E-state index is 5.51. The van der Waals surface area contributed by atoms with Crippen molar-refractivity contribution < 1.29 is 4.74 Å². The fraction of sp³-hybridized carbons (Fsp3) is 0.273. The van der Waals surface area contributed by atoms with E-state index in [4.69, 9.17) is 4.74 Å². The van der Waals surface area contributed by atoms with Crippen molar-refractivity contribution in [3.63, 3.8) is 0 Å². The summed E-state index contributed by atoms with van der Waals surface area (Å²) in [6.45, 7) is 2.27. The summed E-state index contributed by atoms with van der Waals surface area (Å²) < 4.78 is 5.51. The average molecular weight is 317 g/mol. The molecular weight excluding hydrogens is 294 g/mol. The zero-order chi connectivity index (χ0) is 16.5. The van der Waals surface area contributed by atoms with Gasteiger partial charge in [-0.25, -0.2) is 0 Å². The van der Waals surface area contributed by atoms with E-state index in [0.29, 0.717) is 0 Å². The molecule has 1 aliphatic heterocycles. The van der Waals surface area contributed by atoms with Crippen molar-refractivity contribution in [2.45, 2.75) is 12.8 Å². The van der Waals surface area contributed by atoms with Crippen LogP contribution >= 0.6 is 0 Å². The molecule has 2 aromatic carbocycles. The molecule has 0 spiro atoms. The van der Waals surface area contributed by atoms with Crippen LogP contribution in [0.3, 0.4) is 0 Å². The first-order chi connectivity index (χ1) is 11.8. The van der Waals surface area contributed by atoms with Gasteiger partial charge in [-0.15, -0.1) is 0 Å². The smallest absolute Gasteiger partial charge is 0.119 e. The zero-order valence-corrected chi connectivity index (χ0v) is 14.4. The number of nitrogens with zero attached hydrogens (tertiary/aromatic N) is 1. The molecule has 1 heterocycles. The van der Waals surface area contributed by atoms with E-state index in [-0.39, 0.29) is 0 Å². The number of piperidine rings is 1. The van der Waals surface area contributed by atoms with Crippen molar-refractivity contribution >= 4 is 17.7 Å². The molecule has 2 nitrogen and oxygen atoms in total. The molecule has 0 radical (unpaired) electrons. The minimum atomic E-state index is 0.924. The van der Waals surface area contributed by atoms with Crippen molar-refractivity contribution in [1.29, 1.82) is 0 Å². The quantitative estimate of drug-likeness (QED) is 0.644. The van der Waals surface area contributed by atoms with Gasteiger partial charge in [0.1, 0.15) is 5.75 Å². The molecule has 0 aromatic heterocycles. The minimum absolute atomic E-state index is 0.924. The highest BCUT2D eigenvalue weighted by Crippen LogP contribution is 2.39. The van der Waals surface area contributed by atoms with Crippen LogP contribution in [0.25, 0.3) is 17.7 Å². The first kappa shape index (κ1) is 15.2. The highest BCUT2D eigenvalue weighted by Gasteiger charge is 2.21. The molecule has 1 fully saturated rings. The summed E-state index contributed by atoms with van der Waals surface area (Å²) in [5.74, 6) is 0.924. The lowest BCUT2D eigenvalue weighted by Crippen LogP contribution is -2.27. The Kier molecular flexibility index (Phi) is 3.99. The van der Waals surface area contributed by atoms with Crippen LogP contribution in [0.1, 0.15) is 35.1 Å². The highest BCUT2D eigenvalue weighted by atomic mass is 16.5. The Morgan fingerprint density at radius 1 is 0.875 bits per heavy atom. The second kappa shape index (κ2) is 6.29. The van der Waals surface area contributed by atoms with Crippen LogP contribution in [0.2, 0.25) is 0 Å². The first-order valence-electron chi connectivity index (χ1n) is 8.63. The van der Waals surface area contributed by atoms with Gasteiger partial charge in [0.15, 0.2) is 0 Å². The van der Waals surface area contributed by atoms with E-state index in [0.717, 1.165) is 31.7 Å². The largest absolute Gasteiger partial charge is 0.497 e. The molecule has 1 saturated heterocycles. The Hall–Kier alpha value is -2.32. The Morgan fingerprint density at radius 3 is 2.33 bits per heavy atom. The van der Waals surface area contributed by atoms with Crippen LogP contribution in [0.15, 0.2) is 48.0 Å². The van der Waals surface area contributed by atoms with Crippen LogP contribution < -0.4 is 4.74 Å². The van der Waals surface area contributed by atoms with E-state index >= 15 is 0 Å². The Morgan fingerprint density at radius 2 is 1.58 bits per heavy atom. The standard InChI is InChI=1S/C22H23NO/c1-23-13-11-18(12-14-23)22-20-6-4-3-5-16(20)7-8-17-9-10-19(24-2)15-21(17)22/h3-10,15H,11-14H2,1-2H3. The Bertz CT molecular complexity index is 822. The van der Waals surface area contributed by atoms with E-state index in [1.165, 1.54) is 27.8 Å². The van der Waals surface area contributed by atoms with Gasteiger partial charge in [-0.05, 0) is 59.8 Å². The van der Waals surface area contributed by atoms with Gasteiger partial charge in [0.05, 0.1) is 7.11 Å². The van der Waals surface area contributed by atoms with Gasteiger partial charge in [-0.3, -0.25) is 0 Å². The normalized spacial score (nSPS) is 17.2. The average Bonchev–Trinajstić information content (AvgIpc) is 2.79. The molecule has 122 valence electrons. The van der Waals surface area contributed by atoms with Crippen molar-refractivity contribution in [3.05, 3.63) is 70.3 Å². The lowest BCUT2D eigenvalue weighted by molar-refractivity contribution is 0.313. The summed E-state index contributed by atoms with van der Waals surface area (Å²) in [4.78, 5) is 2.41. The fourth-order valence-electron chi connectivity index (χ4n) is 3.74. The first-order valence-corrected chi connectivity index (χ1v) is 8.63. The van der Waals surface area contributed by atoms with Crippen molar-refractivity contribution in [3.8, 4) is 5.75 Å². The molecule has 0 atom stereocenters. The van der Waals surface area contributed by atoms with Crippen molar-refractivity contribution in [1.82, 2.24) is 4.90 Å². The number of likely N-dealkylation sites (tertiary alicyclic amines) is 1. The molecule has 0 N–H and O–H groups in total. The second-order valence-corrected chi connectivity index (χ2v) is 6.66. The van der Waals surface area contributed by atoms with Gasteiger partial charge in [-0.1, -0.05) is 48.1 Å². The van der Waals surface area contributed by atoms with Crippen LogP contribution in [-0.4, -0.2) is 32.1 Å². The number of rotatable bonds is 1. The minimum Gasteiger partial charge on any atom is -0.497 e. The zero-order valence-electron chi connectivity index (χ0n) is 14.4. The number of hydrogen-bond acceptors (Lipinski definition) is 2. The van der Waals surface area contributed by atoms with E-state index in [1.54, 1.807) is 12.7 Å². The molecule has 0 amide bonds. The van der Waals surface area contributed by atoms with E-state index < -0.39 is 0 Å². The van der Waals surface area contributed by atoms with Gasteiger partial charge < -0.3 is 9.64 Å². The number of hydrogen-bond donors (Lipinski definition) is 0. The lowest BCUT2D eigenvalue weighted by Gasteiger charge is -2.27. The van der Waals surface area contributed by atoms with Gasteiger partial charge in [0, 0.05) is 13.1 Å². The number of fused-ring (bicyclic) bond motifs is 2. The molecule has 2 aromatic rings. The van der Waals surface area contributed by atoms with Gasteiger partial charge >= 0.3 is 0 Å². The van der Waals surface area contributed by atoms with Gasteiger partial charge in [0.2, 0.25) is 0 Å². The van der Waals surface area contributed by atoms with Crippen LogP contribution in [0, 0.1) is 0 Å². The molecule has 0 saturated carbocycles.